The summed E-state index contributed by atoms with van der Waals surface area (Å²) in [4.78, 5) is 26.9. The molecule has 2 aromatic rings. The highest BCUT2D eigenvalue weighted by Crippen LogP contribution is 2.35. The fraction of sp³-hybridized carbons (Fsp3) is 0.364. The van der Waals surface area contributed by atoms with E-state index in [-0.39, 0.29) is 44.0 Å². The monoisotopic (exact) mass is 448 g/mol. The number of benzene rings is 2. The number of carbonyl (C=O) groups excluding carboxylic acids is 2. The van der Waals surface area contributed by atoms with Gasteiger partial charge in [-0.2, -0.15) is 13.5 Å². The first-order valence-corrected chi connectivity index (χ1v) is 9.91. The molecule has 2 amide bonds. The Bertz CT molecular complexity index is 951. The zero-order valence-corrected chi connectivity index (χ0v) is 17.8. The Kier molecular flexibility index (Phi) is 7.53. The van der Waals surface area contributed by atoms with Gasteiger partial charge in [0, 0.05) is 35.8 Å². The summed E-state index contributed by atoms with van der Waals surface area (Å²) in [7, 11) is 0. The van der Waals surface area contributed by atoms with Crippen molar-refractivity contribution < 1.29 is 28.7 Å². The molecule has 4 rings (SSSR count). The van der Waals surface area contributed by atoms with Crippen LogP contribution in [-0.4, -0.2) is 41.7 Å². The van der Waals surface area contributed by atoms with Gasteiger partial charge in [0.25, 0.3) is 5.91 Å². The van der Waals surface area contributed by atoms with Crippen LogP contribution in [0.3, 0.4) is 0 Å². The summed E-state index contributed by atoms with van der Waals surface area (Å²) in [6, 6.07) is 10.5. The summed E-state index contributed by atoms with van der Waals surface area (Å²) in [5, 5.41) is 8.88. The molecule has 2 N–H and O–H groups in total. The smallest absolute Gasteiger partial charge is 0.274 e. The van der Waals surface area contributed by atoms with Crippen molar-refractivity contribution in [2.75, 3.05) is 19.8 Å². The average molecular weight is 449 g/mol. The Morgan fingerprint density at radius 2 is 1.87 bits per heavy atom. The maximum absolute atomic E-state index is 14.6. The second-order valence-corrected chi connectivity index (χ2v) is 7.46. The summed E-state index contributed by atoms with van der Waals surface area (Å²) in [6.45, 7) is 1.33. The summed E-state index contributed by atoms with van der Waals surface area (Å²) in [6.07, 6.45) is 1.26. The number of hydrogen-bond donors (Lipinski definition) is 2. The molecule has 0 spiro atoms. The molecule has 0 radical (unpaired) electrons. The third kappa shape index (κ3) is 4.84. The topological polar surface area (TPSA) is 88.1 Å². The average Bonchev–Trinajstić information content (AvgIpc) is 2.98. The highest BCUT2D eigenvalue weighted by atomic mass is 32.1. The van der Waals surface area contributed by atoms with Gasteiger partial charge in [0.15, 0.2) is 0 Å². The molecule has 1 fully saturated rings. The van der Waals surface area contributed by atoms with Crippen molar-refractivity contribution in [3.05, 3.63) is 65.0 Å². The van der Waals surface area contributed by atoms with E-state index in [0.717, 1.165) is 0 Å². The molecule has 7 nitrogen and oxygen atoms in total. The molecule has 2 heterocycles. The Hall–Kier alpha value is -2.62. The molecule has 2 aromatic carbocycles. The predicted octanol–water partition coefficient (Wildman–Crippen LogP) is 2.95. The van der Waals surface area contributed by atoms with Crippen LogP contribution in [0.1, 0.15) is 40.4 Å². The minimum atomic E-state index is -0.661. The first-order valence-electron chi connectivity index (χ1n) is 9.91. The van der Waals surface area contributed by atoms with Crippen LogP contribution in [-0.2, 0) is 16.1 Å². The lowest BCUT2D eigenvalue weighted by Gasteiger charge is -2.34. The lowest BCUT2D eigenvalue weighted by Crippen LogP contribution is -2.41. The van der Waals surface area contributed by atoms with Crippen molar-refractivity contribution in [1.82, 2.24) is 10.4 Å². The number of hydrogen-bond acceptors (Lipinski definition) is 5. The second-order valence-electron chi connectivity index (χ2n) is 7.46. The summed E-state index contributed by atoms with van der Waals surface area (Å²) >= 11 is 0. The number of nitrogens with one attached hydrogen (secondary N) is 1. The minimum Gasteiger partial charge on any atom is -0.491 e. The number of hydroxylamine groups is 1. The molecule has 166 valence electrons. The van der Waals surface area contributed by atoms with Crippen LogP contribution in [0.25, 0.3) is 0 Å². The van der Waals surface area contributed by atoms with Crippen LogP contribution in [0.2, 0.25) is 0 Å². The Morgan fingerprint density at radius 1 is 1.13 bits per heavy atom. The molecule has 1 saturated heterocycles. The molecule has 9 heteroatoms. The Labute approximate surface area is 186 Å². The minimum absolute atomic E-state index is 0. The van der Waals surface area contributed by atoms with Crippen LogP contribution in [0.5, 0.6) is 5.75 Å². The van der Waals surface area contributed by atoms with Crippen molar-refractivity contribution in [3.63, 3.8) is 0 Å². The van der Waals surface area contributed by atoms with Crippen molar-refractivity contribution in [2.45, 2.75) is 25.4 Å². The predicted molar refractivity (Wildman–Crippen MR) is 115 cm³/mol. The molecule has 0 saturated carbocycles. The largest absolute Gasteiger partial charge is 0.491 e. The Balaban J connectivity index is 0.00000272. The molecule has 0 aliphatic carbocycles. The van der Waals surface area contributed by atoms with E-state index in [4.69, 9.17) is 14.7 Å². The van der Waals surface area contributed by atoms with E-state index in [9.17, 15) is 14.0 Å². The van der Waals surface area contributed by atoms with Gasteiger partial charge in [-0.3, -0.25) is 14.8 Å². The molecule has 1 atom stereocenters. The van der Waals surface area contributed by atoms with Crippen LogP contribution in [0.4, 0.5) is 4.39 Å². The van der Waals surface area contributed by atoms with Crippen molar-refractivity contribution >= 4 is 25.3 Å². The van der Waals surface area contributed by atoms with E-state index in [2.05, 4.69) is 0 Å². The number of fused-ring (bicyclic) bond motifs is 1. The zero-order chi connectivity index (χ0) is 21.1. The van der Waals surface area contributed by atoms with Gasteiger partial charge in [0.1, 0.15) is 18.2 Å². The fourth-order valence-corrected chi connectivity index (χ4v) is 3.99. The van der Waals surface area contributed by atoms with E-state index in [0.29, 0.717) is 42.9 Å². The number of rotatable bonds is 3. The third-order valence-electron chi connectivity index (χ3n) is 5.66. The first-order chi connectivity index (χ1) is 14.6. The highest BCUT2D eigenvalue weighted by molar-refractivity contribution is 7.59. The molecule has 2 aliphatic rings. The lowest BCUT2D eigenvalue weighted by atomic mass is 9.96. The van der Waals surface area contributed by atoms with E-state index in [1.807, 2.05) is 0 Å². The number of ether oxygens (including phenoxy) is 2. The lowest BCUT2D eigenvalue weighted by molar-refractivity contribution is -0.142. The van der Waals surface area contributed by atoms with Gasteiger partial charge in [-0.15, -0.1) is 0 Å². The van der Waals surface area contributed by atoms with E-state index < -0.39 is 17.8 Å². The molecule has 31 heavy (non-hydrogen) atoms. The number of nitrogens with zero attached hydrogens (tertiary/aromatic N) is 1. The molecular formula is C22H25FN2O5S. The molecule has 0 unspecified atom stereocenters. The van der Waals surface area contributed by atoms with Crippen molar-refractivity contribution in [3.8, 4) is 5.75 Å². The Morgan fingerprint density at radius 3 is 2.58 bits per heavy atom. The van der Waals surface area contributed by atoms with Gasteiger partial charge in [-0.1, -0.05) is 24.3 Å². The zero-order valence-electron chi connectivity index (χ0n) is 16.8. The third-order valence-corrected chi connectivity index (χ3v) is 5.66. The molecule has 0 aromatic heterocycles. The summed E-state index contributed by atoms with van der Waals surface area (Å²) < 4.78 is 25.9. The fourth-order valence-electron chi connectivity index (χ4n) is 3.99. The van der Waals surface area contributed by atoms with Crippen molar-refractivity contribution in [1.29, 1.82) is 0 Å². The quantitative estimate of drug-likeness (QED) is 0.557. The summed E-state index contributed by atoms with van der Waals surface area (Å²) in [5.41, 5.74) is 2.92. The van der Waals surface area contributed by atoms with Gasteiger partial charge in [0.2, 0.25) is 5.91 Å². The van der Waals surface area contributed by atoms with E-state index >= 15 is 0 Å². The first kappa shape index (κ1) is 23.1. The normalized spacial score (nSPS) is 18.8. The molecule has 0 bridgehead atoms. The molecule has 2 aliphatic heterocycles. The van der Waals surface area contributed by atoms with Gasteiger partial charge in [-0.05, 0) is 31.0 Å². The van der Waals surface area contributed by atoms with E-state index in [1.54, 1.807) is 40.7 Å². The standard InChI is InChI=1S/C22H23FN2O5.H2S/c23-18-4-2-1-3-17(18)19-13-30-20-11-15(21(26)24-28)5-6-16(20)12-25(19)22(27)14-7-9-29-10-8-14;/h1-6,11,14,19,28H,7-10,12-13H2,(H,24,26);1H2/t19-;/m0./s1. The van der Waals surface area contributed by atoms with Gasteiger partial charge in [0.05, 0.1) is 12.6 Å². The van der Waals surface area contributed by atoms with Crippen LogP contribution < -0.4 is 10.2 Å². The van der Waals surface area contributed by atoms with Gasteiger partial charge in [-0.25, -0.2) is 9.87 Å². The SMILES string of the molecule is O=C(NO)c1ccc2c(c1)OC[C@@H](c1ccccc1F)N(C(=O)C1CCOCC1)C2.S. The van der Waals surface area contributed by atoms with E-state index in [1.165, 1.54) is 12.1 Å². The number of halogens is 1. The maximum Gasteiger partial charge on any atom is 0.274 e. The van der Waals surface area contributed by atoms with Crippen LogP contribution >= 0.6 is 13.5 Å². The van der Waals surface area contributed by atoms with Gasteiger partial charge < -0.3 is 14.4 Å². The number of carbonyl (C=O) groups is 2. The second kappa shape index (κ2) is 10.1. The molecular weight excluding hydrogens is 423 g/mol. The van der Waals surface area contributed by atoms with Gasteiger partial charge >= 0.3 is 0 Å². The van der Waals surface area contributed by atoms with Crippen LogP contribution in [0, 0.1) is 11.7 Å². The van der Waals surface area contributed by atoms with Crippen molar-refractivity contribution in [2.24, 2.45) is 5.92 Å². The highest BCUT2D eigenvalue weighted by Gasteiger charge is 2.35. The summed E-state index contributed by atoms with van der Waals surface area (Å²) in [5.74, 6) is -0.873. The maximum atomic E-state index is 14.6. The number of amides is 2. The van der Waals surface area contributed by atoms with Crippen LogP contribution in [0.15, 0.2) is 42.5 Å².